The van der Waals surface area contributed by atoms with Crippen LogP contribution in [-0.4, -0.2) is 23.7 Å². The summed E-state index contributed by atoms with van der Waals surface area (Å²) in [6.07, 6.45) is 28.9. The van der Waals surface area contributed by atoms with Gasteiger partial charge in [-0.25, -0.2) is 0 Å². The van der Waals surface area contributed by atoms with Gasteiger partial charge in [0.25, 0.3) is 0 Å². The van der Waals surface area contributed by atoms with E-state index in [1.807, 2.05) is 0 Å². The van der Waals surface area contributed by atoms with Crippen LogP contribution in [0.25, 0.3) is 0 Å². The average Bonchev–Trinajstić information content (AvgIpc) is 2.77. The van der Waals surface area contributed by atoms with Crippen LogP contribution >= 0.6 is 0 Å². The summed E-state index contributed by atoms with van der Waals surface area (Å²) in [4.78, 5) is 21.9. The topological polar surface area (TPSA) is 63.6 Å². The van der Waals surface area contributed by atoms with Crippen molar-refractivity contribution in [1.82, 2.24) is 0 Å². The van der Waals surface area contributed by atoms with Gasteiger partial charge in [-0.15, -0.1) is 0 Å². The second-order valence-electron chi connectivity index (χ2n) is 9.54. The Kier molecular flexibility index (Phi) is 25.3. The normalized spacial score (nSPS) is 11.0. The number of rotatable bonds is 26. The summed E-state index contributed by atoms with van der Waals surface area (Å²) in [6.45, 7) is 2.79. The molecule has 0 fully saturated rings. The van der Waals surface area contributed by atoms with Gasteiger partial charge in [0, 0.05) is 12.8 Å². The van der Waals surface area contributed by atoms with Crippen LogP contribution in [0.1, 0.15) is 161 Å². The highest BCUT2D eigenvalue weighted by Crippen LogP contribution is 2.15. The van der Waals surface area contributed by atoms with Gasteiger partial charge in [-0.3, -0.25) is 9.59 Å². The van der Waals surface area contributed by atoms with Crippen LogP contribution in [0.15, 0.2) is 0 Å². The third kappa shape index (κ3) is 27.0. The predicted octanol–water partition coefficient (Wildman–Crippen LogP) is 9.00. The van der Waals surface area contributed by atoms with Gasteiger partial charge in [0.1, 0.15) is 0 Å². The Labute approximate surface area is 199 Å². The first kappa shape index (κ1) is 30.9. The minimum Gasteiger partial charge on any atom is -0.481 e. The van der Waals surface area contributed by atoms with Gasteiger partial charge >= 0.3 is 11.9 Å². The molecule has 0 aliphatic rings. The molecular weight excluding hydrogens is 400 g/mol. The number of esters is 1. The Balaban J connectivity index is 3.10. The van der Waals surface area contributed by atoms with Crippen LogP contribution < -0.4 is 0 Å². The van der Waals surface area contributed by atoms with E-state index in [1.165, 1.54) is 116 Å². The number of hydrogen-bond donors (Lipinski definition) is 1. The summed E-state index contributed by atoms with van der Waals surface area (Å²) < 4.78 is 5.20. The van der Waals surface area contributed by atoms with Gasteiger partial charge in [-0.1, -0.05) is 129 Å². The molecule has 0 unspecified atom stereocenters. The molecule has 190 valence electrons. The monoisotopic (exact) mass is 454 g/mol. The fourth-order valence-electron chi connectivity index (χ4n) is 4.16. The van der Waals surface area contributed by atoms with E-state index in [1.54, 1.807) is 0 Å². The molecule has 0 saturated heterocycles. The van der Waals surface area contributed by atoms with Crippen molar-refractivity contribution >= 4 is 11.9 Å². The van der Waals surface area contributed by atoms with E-state index >= 15 is 0 Å². The average molecular weight is 455 g/mol. The summed E-state index contributed by atoms with van der Waals surface area (Å²) in [5, 5.41) is 8.55. The summed E-state index contributed by atoms with van der Waals surface area (Å²) in [6, 6.07) is 0. The van der Waals surface area contributed by atoms with Gasteiger partial charge in [0.15, 0.2) is 0 Å². The zero-order valence-electron chi connectivity index (χ0n) is 21.3. The Morgan fingerprint density at radius 3 is 1.22 bits per heavy atom. The third-order valence-electron chi connectivity index (χ3n) is 6.28. The van der Waals surface area contributed by atoms with Crippen LogP contribution in [0, 0.1) is 0 Å². The maximum Gasteiger partial charge on any atom is 0.305 e. The number of aliphatic carboxylic acids is 1. The lowest BCUT2D eigenvalue weighted by Crippen LogP contribution is -2.06. The quantitative estimate of drug-likeness (QED) is 0.105. The first-order valence-corrected chi connectivity index (χ1v) is 14.0. The molecule has 0 spiro atoms. The molecule has 0 aliphatic carbocycles. The Hall–Kier alpha value is -1.06. The van der Waals surface area contributed by atoms with E-state index in [9.17, 15) is 9.59 Å². The lowest BCUT2D eigenvalue weighted by atomic mass is 10.0. The molecule has 0 aromatic carbocycles. The van der Waals surface area contributed by atoms with Crippen molar-refractivity contribution in [3.63, 3.8) is 0 Å². The van der Waals surface area contributed by atoms with Crippen molar-refractivity contribution in [2.24, 2.45) is 0 Å². The van der Waals surface area contributed by atoms with E-state index in [-0.39, 0.29) is 12.4 Å². The Morgan fingerprint density at radius 1 is 0.500 bits per heavy atom. The lowest BCUT2D eigenvalue weighted by Gasteiger charge is -2.05. The molecule has 0 radical (unpaired) electrons. The molecule has 4 heteroatoms. The lowest BCUT2D eigenvalue weighted by molar-refractivity contribution is -0.144. The van der Waals surface area contributed by atoms with Crippen molar-refractivity contribution in [1.29, 1.82) is 0 Å². The highest BCUT2D eigenvalue weighted by Gasteiger charge is 2.04. The molecule has 32 heavy (non-hydrogen) atoms. The molecule has 0 aromatic heterocycles. The number of carboxylic acids is 1. The van der Waals surface area contributed by atoms with Gasteiger partial charge in [-0.05, 0) is 19.3 Å². The van der Waals surface area contributed by atoms with Crippen LogP contribution in [-0.2, 0) is 14.3 Å². The minimum absolute atomic E-state index is 0.132. The number of unbranched alkanes of at least 4 members (excludes halogenated alkanes) is 20. The molecule has 0 bridgehead atoms. The molecule has 0 aliphatic heterocycles. The molecule has 1 N–H and O–H groups in total. The summed E-state index contributed by atoms with van der Waals surface area (Å²) in [5.74, 6) is -0.990. The maximum atomic E-state index is 11.5. The van der Waals surface area contributed by atoms with E-state index < -0.39 is 5.97 Å². The minimum atomic E-state index is -0.803. The number of carboxylic acid groups (broad SMARTS) is 1. The van der Waals surface area contributed by atoms with E-state index in [0.717, 1.165) is 12.8 Å². The van der Waals surface area contributed by atoms with Crippen LogP contribution in [0.3, 0.4) is 0 Å². The zero-order chi connectivity index (χ0) is 23.5. The highest BCUT2D eigenvalue weighted by molar-refractivity contribution is 5.69. The van der Waals surface area contributed by atoms with Crippen molar-refractivity contribution in [3.8, 4) is 0 Å². The molecule has 0 aromatic rings. The molecule has 0 rings (SSSR count). The Morgan fingerprint density at radius 2 is 0.844 bits per heavy atom. The largest absolute Gasteiger partial charge is 0.481 e. The predicted molar refractivity (Wildman–Crippen MR) is 135 cm³/mol. The molecule has 0 saturated carbocycles. The third-order valence-corrected chi connectivity index (χ3v) is 6.28. The van der Waals surface area contributed by atoms with Gasteiger partial charge < -0.3 is 9.84 Å². The molecule has 0 atom stereocenters. The fraction of sp³-hybridized carbons (Fsp3) is 0.929. The number of carbonyl (C=O) groups excluding carboxylic acids is 1. The second kappa shape index (κ2) is 26.2. The van der Waals surface area contributed by atoms with Gasteiger partial charge in [0.05, 0.1) is 6.61 Å². The summed E-state index contributed by atoms with van der Waals surface area (Å²) >= 11 is 0. The van der Waals surface area contributed by atoms with Crippen LogP contribution in [0.4, 0.5) is 0 Å². The summed E-state index contributed by atoms with van der Waals surface area (Å²) in [7, 11) is 0. The molecule has 0 heterocycles. The van der Waals surface area contributed by atoms with Gasteiger partial charge in [0.2, 0.25) is 0 Å². The van der Waals surface area contributed by atoms with Crippen LogP contribution in [0.5, 0.6) is 0 Å². The Bertz CT molecular complexity index is 408. The van der Waals surface area contributed by atoms with Crippen LogP contribution in [0.2, 0.25) is 0 Å². The molecular formula is C28H54O4. The highest BCUT2D eigenvalue weighted by atomic mass is 16.5. The first-order chi connectivity index (χ1) is 15.7. The molecule has 0 amide bonds. The van der Waals surface area contributed by atoms with Crippen molar-refractivity contribution in [3.05, 3.63) is 0 Å². The standard InChI is InChI=1S/C28H54O4/c1-2-3-4-5-6-7-8-9-10-11-12-13-14-15-16-17-18-19-20-23-26-32-28(31)25-22-21-24-27(29)30/h2-26H2,1H3,(H,29,30). The molecule has 4 nitrogen and oxygen atoms in total. The summed E-state index contributed by atoms with van der Waals surface area (Å²) in [5.41, 5.74) is 0. The van der Waals surface area contributed by atoms with E-state index in [4.69, 9.17) is 9.84 Å². The van der Waals surface area contributed by atoms with E-state index in [2.05, 4.69) is 6.92 Å². The van der Waals surface area contributed by atoms with Crippen molar-refractivity contribution < 1.29 is 19.4 Å². The first-order valence-electron chi connectivity index (χ1n) is 14.0. The second-order valence-corrected chi connectivity index (χ2v) is 9.54. The number of ether oxygens (including phenoxy) is 1. The number of hydrogen-bond acceptors (Lipinski definition) is 3. The SMILES string of the molecule is CCCCCCCCCCCCCCCCCCCCCCOC(=O)CCCCC(=O)O. The van der Waals surface area contributed by atoms with Crippen molar-refractivity contribution in [2.75, 3.05) is 6.61 Å². The maximum absolute atomic E-state index is 11.5. The van der Waals surface area contributed by atoms with Gasteiger partial charge in [-0.2, -0.15) is 0 Å². The fourth-order valence-corrected chi connectivity index (χ4v) is 4.16. The van der Waals surface area contributed by atoms with Crippen molar-refractivity contribution in [2.45, 2.75) is 161 Å². The number of carbonyl (C=O) groups is 2. The smallest absolute Gasteiger partial charge is 0.305 e. The van der Waals surface area contributed by atoms with E-state index in [0.29, 0.717) is 25.9 Å². The zero-order valence-corrected chi connectivity index (χ0v) is 21.3.